The summed E-state index contributed by atoms with van der Waals surface area (Å²) in [4.78, 5) is 15.2. The number of nitrogens with zero attached hydrogens (tertiary/aromatic N) is 1. The van der Waals surface area contributed by atoms with Crippen LogP contribution in [0, 0.1) is 11.8 Å². The van der Waals surface area contributed by atoms with Crippen molar-refractivity contribution in [2.24, 2.45) is 11.8 Å². The lowest BCUT2D eigenvalue weighted by Gasteiger charge is -2.42. The Bertz CT molecular complexity index is 1320. The highest BCUT2D eigenvalue weighted by molar-refractivity contribution is 7.88. The number of carbonyl (C=O) groups is 1. The van der Waals surface area contributed by atoms with Crippen LogP contribution in [-0.2, 0) is 23.2 Å². The number of rotatable bonds is 0. The van der Waals surface area contributed by atoms with E-state index in [9.17, 15) is 18.3 Å². The van der Waals surface area contributed by atoms with Crippen LogP contribution in [0.1, 0.15) is 53.6 Å². The quantitative estimate of drug-likeness (QED) is 0.422. The van der Waals surface area contributed by atoms with Gasteiger partial charge < -0.3 is 14.7 Å². The van der Waals surface area contributed by atoms with E-state index in [0.717, 1.165) is 56.4 Å². The molecule has 2 aliphatic heterocycles. The van der Waals surface area contributed by atoms with Gasteiger partial charge in [0.2, 0.25) is 0 Å². The average Bonchev–Trinajstić information content (AvgIpc) is 2.88. The fourth-order valence-electron chi connectivity index (χ4n) is 5.51. The summed E-state index contributed by atoms with van der Waals surface area (Å²) in [6, 6.07) is 10.9. The molecule has 5 rings (SSSR count). The number of halogens is 1. The molecule has 1 saturated carbocycles. The molecular formula is C28H34ClN3O5S. The summed E-state index contributed by atoms with van der Waals surface area (Å²) in [6.45, 7) is 1.94. The van der Waals surface area contributed by atoms with Gasteiger partial charge in [-0.2, -0.15) is 13.1 Å². The minimum absolute atomic E-state index is 0.123. The van der Waals surface area contributed by atoms with E-state index >= 15 is 0 Å². The molecule has 10 heteroatoms. The van der Waals surface area contributed by atoms with E-state index in [0.29, 0.717) is 29.7 Å². The highest BCUT2D eigenvalue weighted by Crippen LogP contribution is 2.40. The summed E-state index contributed by atoms with van der Waals surface area (Å²) in [5.74, 6) is 0.362. The molecule has 3 atom stereocenters. The van der Waals surface area contributed by atoms with Gasteiger partial charge in [-0.05, 0) is 91.8 Å². The lowest BCUT2D eigenvalue weighted by molar-refractivity contribution is 0.0461. The third kappa shape index (κ3) is 6.34. The molecular weight excluding hydrogens is 526 g/mol. The van der Waals surface area contributed by atoms with Crippen molar-refractivity contribution in [3.05, 3.63) is 70.3 Å². The van der Waals surface area contributed by atoms with Crippen LogP contribution in [0.2, 0.25) is 5.02 Å². The van der Waals surface area contributed by atoms with Gasteiger partial charge in [0.1, 0.15) is 12.4 Å². The van der Waals surface area contributed by atoms with E-state index in [1.165, 1.54) is 5.56 Å². The molecule has 0 unspecified atom stereocenters. The predicted molar refractivity (Wildman–Crippen MR) is 148 cm³/mol. The van der Waals surface area contributed by atoms with E-state index in [1.54, 1.807) is 30.4 Å². The number of benzene rings is 2. The zero-order valence-corrected chi connectivity index (χ0v) is 22.8. The minimum atomic E-state index is -4.03. The molecule has 2 heterocycles. The van der Waals surface area contributed by atoms with Crippen molar-refractivity contribution in [3.8, 4) is 5.75 Å². The second-order valence-electron chi connectivity index (χ2n) is 10.3. The van der Waals surface area contributed by atoms with E-state index < -0.39 is 22.2 Å². The maximum atomic E-state index is 13.0. The zero-order valence-electron chi connectivity index (χ0n) is 21.2. The first kappa shape index (κ1) is 27.0. The van der Waals surface area contributed by atoms with Crippen LogP contribution in [0.25, 0.3) is 0 Å². The van der Waals surface area contributed by atoms with Crippen molar-refractivity contribution < 1.29 is 23.1 Å². The topological polar surface area (TPSA) is 108 Å². The van der Waals surface area contributed by atoms with Crippen LogP contribution in [-0.4, -0.2) is 45.2 Å². The largest absolute Gasteiger partial charge is 0.487 e. The van der Waals surface area contributed by atoms with Crippen LogP contribution in [0.15, 0.2) is 48.6 Å². The Morgan fingerprint density at radius 2 is 1.95 bits per heavy atom. The SMILES string of the molecule is O=C1NS(=O)(=O)NCC/C=C/[C@H](O)[C@@H]2CC[C@H]2CN2CCCCc3cc(Cl)ccc3COc3ccc1cc32. The number of aryl methyl sites for hydroxylation is 1. The number of hydrogen-bond acceptors (Lipinski definition) is 6. The van der Waals surface area contributed by atoms with Crippen molar-refractivity contribution in [3.63, 3.8) is 0 Å². The van der Waals surface area contributed by atoms with E-state index in [-0.39, 0.29) is 18.0 Å². The molecule has 204 valence electrons. The highest BCUT2D eigenvalue weighted by Gasteiger charge is 2.36. The number of anilines is 1. The number of ether oxygens (including phenoxy) is 1. The molecule has 38 heavy (non-hydrogen) atoms. The number of carbonyl (C=O) groups excluding carboxylic acids is 1. The number of amides is 1. The molecule has 2 aromatic rings. The number of aliphatic hydroxyl groups excluding tert-OH is 1. The monoisotopic (exact) mass is 559 g/mol. The van der Waals surface area contributed by atoms with Crippen molar-refractivity contribution in [2.75, 3.05) is 24.5 Å². The highest BCUT2D eigenvalue weighted by atomic mass is 35.5. The fourth-order valence-corrected chi connectivity index (χ4v) is 6.52. The van der Waals surface area contributed by atoms with Crippen molar-refractivity contribution in [1.29, 1.82) is 0 Å². The van der Waals surface area contributed by atoms with E-state index in [4.69, 9.17) is 16.3 Å². The average molecular weight is 560 g/mol. The van der Waals surface area contributed by atoms with Gasteiger partial charge in [-0.25, -0.2) is 4.72 Å². The molecule has 1 amide bonds. The third-order valence-corrected chi connectivity index (χ3v) is 9.04. The van der Waals surface area contributed by atoms with Crippen molar-refractivity contribution >= 4 is 33.4 Å². The Morgan fingerprint density at radius 3 is 2.76 bits per heavy atom. The summed E-state index contributed by atoms with van der Waals surface area (Å²) in [7, 11) is -4.03. The van der Waals surface area contributed by atoms with Gasteiger partial charge in [0, 0.05) is 30.2 Å². The second-order valence-corrected chi connectivity index (χ2v) is 12.3. The van der Waals surface area contributed by atoms with E-state index in [1.807, 2.05) is 18.2 Å². The summed E-state index contributed by atoms with van der Waals surface area (Å²) in [5, 5.41) is 11.5. The number of nitrogens with one attached hydrogen (secondary N) is 2. The van der Waals surface area contributed by atoms with Gasteiger partial charge in [0.25, 0.3) is 5.91 Å². The molecule has 3 N–H and O–H groups in total. The molecule has 8 nitrogen and oxygen atoms in total. The standard InChI is InChI=1S/C28H34ClN3O5S/c29-23-10-7-22-18-37-27-12-9-20-16-25(27)32(14-4-2-5-19(22)15-23)17-21-8-11-24(21)26(33)6-1-3-13-30-38(35,36)31-28(20)34/h1,6-7,9-10,12,15-16,21,24,26,30,33H,2-5,8,11,13-14,17-18H2,(H,31,34)/b6-1+/t21-,24+,26-/m0/s1. The molecule has 0 spiro atoms. The lowest BCUT2D eigenvalue weighted by Crippen LogP contribution is -2.43. The maximum absolute atomic E-state index is 13.0. The van der Waals surface area contributed by atoms with Gasteiger partial charge in [0.15, 0.2) is 0 Å². The van der Waals surface area contributed by atoms with Gasteiger partial charge in [0.05, 0.1) is 11.8 Å². The van der Waals surface area contributed by atoms with Crippen LogP contribution < -0.4 is 19.1 Å². The van der Waals surface area contributed by atoms with Gasteiger partial charge in [-0.1, -0.05) is 29.8 Å². The molecule has 0 aromatic heterocycles. The van der Waals surface area contributed by atoms with Crippen molar-refractivity contribution in [2.45, 2.75) is 51.2 Å². The van der Waals surface area contributed by atoms with Crippen LogP contribution in [0.4, 0.5) is 5.69 Å². The zero-order chi connectivity index (χ0) is 26.7. The molecule has 1 aliphatic carbocycles. The van der Waals surface area contributed by atoms with Gasteiger partial charge >= 0.3 is 10.2 Å². The molecule has 2 bridgehead atoms. The summed E-state index contributed by atoms with van der Waals surface area (Å²) in [6.07, 6.45) is 8.12. The second kappa shape index (κ2) is 11.7. The van der Waals surface area contributed by atoms with Crippen molar-refractivity contribution in [1.82, 2.24) is 9.44 Å². The van der Waals surface area contributed by atoms with Gasteiger partial charge in [-0.3, -0.25) is 4.79 Å². The Morgan fingerprint density at radius 1 is 1.08 bits per heavy atom. The summed E-state index contributed by atoms with van der Waals surface area (Å²) < 4.78 is 35.7. The summed E-state index contributed by atoms with van der Waals surface area (Å²) in [5.41, 5.74) is 3.22. The van der Waals surface area contributed by atoms with Crippen LogP contribution in [0.3, 0.4) is 0 Å². The first-order valence-electron chi connectivity index (χ1n) is 13.2. The Kier molecular flexibility index (Phi) is 8.28. The van der Waals surface area contributed by atoms with Gasteiger partial charge in [-0.15, -0.1) is 0 Å². The predicted octanol–water partition coefficient (Wildman–Crippen LogP) is 3.97. The number of hydrogen-bond donors (Lipinski definition) is 3. The lowest BCUT2D eigenvalue weighted by atomic mass is 9.70. The summed E-state index contributed by atoms with van der Waals surface area (Å²) >= 11 is 6.27. The smallest absolute Gasteiger partial charge is 0.301 e. The normalized spacial score (nSPS) is 26.8. The Labute approximate surface area is 229 Å². The maximum Gasteiger partial charge on any atom is 0.301 e. The van der Waals surface area contributed by atoms with Crippen LogP contribution in [0.5, 0.6) is 5.75 Å². The molecule has 3 aliphatic rings. The number of fused-ring (bicyclic) bond motifs is 3. The minimum Gasteiger partial charge on any atom is -0.487 e. The first-order chi connectivity index (χ1) is 18.3. The number of aliphatic hydroxyl groups is 1. The molecule has 2 aromatic carbocycles. The molecule has 0 saturated heterocycles. The Hall–Kier alpha value is -2.59. The fraction of sp³-hybridized carbons (Fsp3) is 0.464. The first-order valence-corrected chi connectivity index (χ1v) is 15.1. The molecule has 1 fully saturated rings. The molecule has 0 radical (unpaired) electrons. The van der Waals surface area contributed by atoms with E-state index in [2.05, 4.69) is 14.3 Å². The van der Waals surface area contributed by atoms with Crippen LogP contribution >= 0.6 is 11.6 Å². The Balaban J connectivity index is 1.52. The third-order valence-electron chi connectivity index (χ3n) is 7.77.